The number of aryl methyl sites for hydroxylation is 3. The summed E-state index contributed by atoms with van der Waals surface area (Å²) in [6, 6.07) is 51.2. The van der Waals surface area contributed by atoms with Gasteiger partial charge in [0.1, 0.15) is 23.3 Å². The van der Waals surface area contributed by atoms with Gasteiger partial charge in [-0.2, -0.15) is 10.5 Å². The van der Waals surface area contributed by atoms with Crippen molar-refractivity contribution < 1.29 is 0 Å². The molecule has 10 aromatic rings. The van der Waals surface area contributed by atoms with E-state index in [1.165, 1.54) is 28.0 Å². The van der Waals surface area contributed by atoms with Crippen LogP contribution in [0.1, 0.15) is 78.8 Å². The lowest BCUT2D eigenvalue weighted by Gasteiger charge is -2.27. The van der Waals surface area contributed by atoms with Crippen molar-refractivity contribution >= 4 is 60.6 Å². The van der Waals surface area contributed by atoms with Crippen molar-refractivity contribution in [2.45, 2.75) is 66.7 Å². The first kappa shape index (κ1) is 38.3. The molecule has 0 saturated heterocycles. The van der Waals surface area contributed by atoms with E-state index in [4.69, 9.17) is 0 Å². The number of hydrogen-bond donors (Lipinski definition) is 0. The highest BCUT2D eigenvalue weighted by molar-refractivity contribution is 6.13. The van der Waals surface area contributed by atoms with Gasteiger partial charge in [-0.15, -0.1) is 0 Å². The number of aromatic nitrogens is 3. The maximum Gasteiger partial charge on any atom is 0.104 e. The molecule has 63 heavy (non-hydrogen) atoms. The number of benzene rings is 7. The van der Waals surface area contributed by atoms with Crippen LogP contribution < -0.4 is 0 Å². The van der Waals surface area contributed by atoms with E-state index in [1.807, 2.05) is 12.1 Å². The van der Waals surface area contributed by atoms with E-state index in [9.17, 15) is 10.5 Å². The summed E-state index contributed by atoms with van der Waals surface area (Å²) >= 11 is 0. The second kappa shape index (κ2) is 14.0. The zero-order valence-corrected chi connectivity index (χ0v) is 36.9. The lowest BCUT2D eigenvalue weighted by molar-refractivity contribution is 0.590. The molecule has 304 valence electrons. The molecule has 1 aliphatic rings. The van der Waals surface area contributed by atoms with Crippen LogP contribution in [0, 0.1) is 43.4 Å². The molecule has 0 N–H and O–H groups in total. The van der Waals surface area contributed by atoms with Crippen LogP contribution in [0.15, 0.2) is 133 Å². The van der Waals surface area contributed by atoms with Crippen molar-refractivity contribution in [2.24, 2.45) is 0 Å². The predicted octanol–water partition coefficient (Wildman–Crippen LogP) is 14.8. The Kier molecular flexibility index (Phi) is 8.50. The van der Waals surface area contributed by atoms with E-state index < -0.39 is 0 Å². The second-order valence-electron chi connectivity index (χ2n) is 18.7. The molecule has 0 atom stereocenters. The van der Waals surface area contributed by atoms with Crippen molar-refractivity contribution in [2.75, 3.05) is 0 Å². The largest absolute Gasteiger partial charge is 0.311 e. The van der Waals surface area contributed by atoms with Crippen molar-refractivity contribution in [3.05, 3.63) is 178 Å². The zero-order chi connectivity index (χ0) is 43.5. The van der Waals surface area contributed by atoms with Crippen LogP contribution in [-0.2, 0) is 11.8 Å². The minimum Gasteiger partial charge on any atom is -0.311 e. The van der Waals surface area contributed by atoms with E-state index in [2.05, 4.69) is 196 Å². The Labute approximate surface area is 368 Å². The van der Waals surface area contributed by atoms with Crippen molar-refractivity contribution in [3.8, 4) is 40.3 Å². The Morgan fingerprint density at radius 2 is 0.937 bits per heavy atom. The highest BCUT2D eigenvalue weighted by Gasteiger charge is 2.34. The molecule has 0 amide bonds. The monoisotopic (exact) mass is 813 g/mol. The van der Waals surface area contributed by atoms with Gasteiger partial charge in [0.05, 0.1) is 44.6 Å². The van der Waals surface area contributed by atoms with Gasteiger partial charge in [0.2, 0.25) is 0 Å². The summed E-state index contributed by atoms with van der Waals surface area (Å²) in [5, 5.41) is 29.7. The molecule has 0 unspecified atom stereocenters. The fraction of sp³-hybridized carbons (Fsp3) is 0.172. The van der Waals surface area contributed by atoms with E-state index >= 15 is 0 Å². The number of allylic oxidation sites excluding steroid dienone is 1. The molecular formula is C58H47N5. The van der Waals surface area contributed by atoms with Crippen LogP contribution in [0.3, 0.4) is 0 Å². The SMILES string of the molecule is CC1=Cc2c(n(-c3c(C#N)c(-n4c5ccccc5c5ccccc54)c(C#N)c(-n4c5ccc(C)cc5c5cc(C)ccc54)c3-c3ccc(C(C)(C)C)cc3)c3ccc(C)cc23)CC1. The second-order valence-corrected chi connectivity index (χ2v) is 18.7. The van der Waals surface area contributed by atoms with Gasteiger partial charge in [-0.1, -0.05) is 128 Å². The molecule has 7 aromatic carbocycles. The number of para-hydroxylation sites is 2. The summed E-state index contributed by atoms with van der Waals surface area (Å²) in [7, 11) is 0. The Hall–Kier alpha value is -7.60. The highest BCUT2D eigenvalue weighted by Crippen LogP contribution is 2.49. The van der Waals surface area contributed by atoms with Crippen LogP contribution in [0.4, 0.5) is 0 Å². The Morgan fingerprint density at radius 3 is 1.46 bits per heavy atom. The molecule has 0 fully saturated rings. The Morgan fingerprint density at radius 1 is 0.476 bits per heavy atom. The van der Waals surface area contributed by atoms with E-state index in [0.29, 0.717) is 16.8 Å². The van der Waals surface area contributed by atoms with Gasteiger partial charge in [-0.3, -0.25) is 0 Å². The molecule has 3 heterocycles. The molecule has 0 saturated carbocycles. The minimum atomic E-state index is -0.0828. The number of nitriles is 2. The van der Waals surface area contributed by atoms with Gasteiger partial charge < -0.3 is 13.7 Å². The third kappa shape index (κ3) is 5.66. The van der Waals surface area contributed by atoms with Crippen molar-refractivity contribution in [1.82, 2.24) is 13.7 Å². The van der Waals surface area contributed by atoms with Crippen LogP contribution in [0.25, 0.3) is 88.8 Å². The topological polar surface area (TPSA) is 62.4 Å². The fourth-order valence-corrected chi connectivity index (χ4v) is 10.4. The third-order valence-electron chi connectivity index (χ3n) is 13.4. The molecule has 1 aliphatic carbocycles. The molecule has 0 radical (unpaired) electrons. The smallest absolute Gasteiger partial charge is 0.104 e. The number of hydrogen-bond acceptors (Lipinski definition) is 2. The lowest BCUT2D eigenvalue weighted by atomic mass is 9.85. The molecule has 0 bridgehead atoms. The van der Waals surface area contributed by atoms with Gasteiger partial charge in [-0.05, 0) is 106 Å². The first-order valence-corrected chi connectivity index (χ1v) is 21.9. The van der Waals surface area contributed by atoms with Crippen LogP contribution in [0.5, 0.6) is 0 Å². The standard InChI is InChI=1S/C58H47N5/c1-34-16-24-50-42(28-34)43-29-35(2)17-25-51(43)62(50)56-46(32-59)55(61-48-14-10-8-12-40(48)41-13-9-11-15-49(41)61)47(33-60)57(54(56)38-20-22-39(23-21-38)58(5,6)7)63-52-26-18-36(3)30-44(52)45-31-37(4)19-27-53(45)63/h8-18,20-26,28-31H,19,27H2,1-7H3. The summed E-state index contributed by atoms with van der Waals surface area (Å²) in [6.07, 6.45) is 4.07. The van der Waals surface area contributed by atoms with Crippen LogP contribution in [-0.4, -0.2) is 13.7 Å². The number of rotatable bonds is 4. The maximum atomic E-state index is 12.1. The first-order chi connectivity index (χ1) is 30.5. The number of nitrogens with zero attached hydrogens (tertiary/aromatic N) is 5. The average molecular weight is 814 g/mol. The molecular weight excluding hydrogens is 767 g/mol. The summed E-state index contributed by atoms with van der Waals surface area (Å²) in [4.78, 5) is 0. The van der Waals surface area contributed by atoms with E-state index in [0.717, 1.165) is 101 Å². The molecule has 11 rings (SSSR count). The Balaban J connectivity index is 1.46. The van der Waals surface area contributed by atoms with Gasteiger partial charge in [0, 0.05) is 43.8 Å². The number of fused-ring (bicyclic) bond motifs is 9. The van der Waals surface area contributed by atoms with Crippen LogP contribution >= 0.6 is 0 Å². The molecule has 0 spiro atoms. The van der Waals surface area contributed by atoms with E-state index in [-0.39, 0.29) is 5.41 Å². The van der Waals surface area contributed by atoms with Gasteiger partial charge in [0.25, 0.3) is 0 Å². The average Bonchev–Trinajstić information content (AvgIpc) is 3.89. The molecule has 5 nitrogen and oxygen atoms in total. The zero-order valence-electron chi connectivity index (χ0n) is 36.9. The van der Waals surface area contributed by atoms with E-state index in [1.54, 1.807) is 0 Å². The van der Waals surface area contributed by atoms with Crippen LogP contribution in [0.2, 0.25) is 0 Å². The minimum absolute atomic E-state index is 0.0828. The highest BCUT2D eigenvalue weighted by atomic mass is 15.1. The normalized spacial score (nSPS) is 12.9. The Bertz CT molecular complexity index is 3600. The summed E-state index contributed by atoms with van der Waals surface area (Å²) in [5.74, 6) is 0. The predicted molar refractivity (Wildman–Crippen MR) is 262 cm³/mol. The van der Waals surface area contributed by atoms with Crippen molar-refractivity contribution in [3.63, 3.8) is 0 Å². The molecule has 5 heteroatoms. The first-order valence-electron chi connectivity index (χ1n) is 21.9. The third-order valence-corrected chi connectivity index (χ3v) is 13.4. The summed E-state index contributed by atoms with van der Waals surface area (Å²) < 4.78 is 6.90. The van der Waals surface area contributed by atoms with Gasteiger partial charge in [-0.25, -0.2) is 0 Å². The quantitative estimate of drug-likeness (QED) is 0.178. The van der Waals surface area contributed by atoms with Crippen molar-refractivity contribution in [1.29, 1.82) is 10.5 Å². The lowest BCUT2D eigenvalue weighted by Crippen LogP contribution is -2.16. The fourth-order valence-electron chi connectivity index (χ4n) is 10.4. The maximum absolute atomic E-state index is 12.1. The summed E-state index contributed by atoms with van der Waals surface area (Å²) in [6.45, 7) is 15.4. The molecule has 3 aromatic heterocycles. The van der Waals surface area contributed by atoms with Gasteiger partial charge in [0.15, 0.2) is 0 Å². The molecule has 0 aliphatic heterocycles. The van der Waals surface area contributed by atoms with Gasteiger partial charge >= 0.3 is 0 Å². The summed E-state index contributed by atoms with van der Waals surface area (Å²) in [5.41, 5.74) is 18.1.